The molecule has 2 rings (SSSR count). The first-order valence-electron chi connectivity index (χ1n) is 10.6. The van der Waals surface area contributed by atoms with Crippen LogP contribution in [-0.2, 0) is 12.8 Å². The summed E-state index contributed by atoms with van der Waals surface area (Å²) in [4.78, 5) is 12.0. The highest BCUT2D eigenvalue weighted by atomic mass is 16.7. The van der Waals surface area contributed by atoms with Crippen molar-refractivity contribution in [1.29, 1.82) is 0 Å². The van der Waals surface area contributed by atoms with Crippen molar-refractivity contribution in [2.24, 2.45) is 11.8 Å². The molecular formula is C25H34O3. The molecule has 0 unspecified atom stereocenters. The van der Waals surface area contributed by atoms with Gasteiger partial charge in [-0.2, -0.15) is 0 Å². The Balaban J connectivity index is 1.86. The molecule has 0 aliphatic heterocycles. The van der Waals surface area contributed by atoms with Crippen LogP contribution in [0.3, 0.4) is 0 Å². The van der Waals surface area contributed by atoms with Crippen LogP contribution >= 0.6 is 0 Å². The number of hydrogen-bond donors (Lipinski definition) is 0. The highest BCUT2D eigenvalue weighted by Crippen LogP contribution is 2.21. The maximum Gasteiger partial charge on any atom is 0.519 e. The molecule has 2 aromatic carbocycles. The zero-order chi connectivity index (χ0) is 20.4. The van der Waals surface area contributed by atoms with Gasteiger partial charge < -0.3 is 9.47 Å². The summed E-state index contributed by atoms with van der Waals surface area (Å²) in [6.07, 6.45) is 6.12. The van der Waals surface area contributed by atoms with E-state index in [1.165, 1.54) is 36.8 Å². The summed E-state index contributed by atoms with van der Waals surface area (Å²) in [5, 5.41) is 0. The molecule has 2 aromatic rings. The van der Waals surface area contributed by atoms with E-state index in [1.807, 2.05) is 48.5 Å². The zero-order valence-electron chi connectivity index (χ0n) is 17.7. The van der Waals surface area contributed by atoms with Crippen molar-refractivity contribution in [3.63, 3.8) is 0 Å². The maximum absolute atomic E-state index is 12.0. The molecule has 28 heavy (non-hydrogen) atoms. The lowest BCUT2D eigenvalue weighted by molar-refractivity contribution is 0.152. The lowest BCUT2D eigenvalue weighted by Gasteiger charge is -2.13. The van der Waals surface area contributed by atoms with Gasteiger partial charge in [0.1, 0.15) is 11.5 Å². The second-order valence-electron chi connectivity index (χ2n) is 7.52. The largest absolute Gasteiger partial charge is 0.519 e. The second kappa shape index (κ2) is 11.5. The predicted molar refractivity (Wildman–Crippen MR) is 115 cm³/mol. The summed E-state index contributed by atoms with van der Waals surface area (Å²) in [5.74, 6) is 2.40. The quantitative estimate of drug-likeness (QED) is 0.321. The van der Waals surface area contributed by atoms with E-state index < -0.39 is 6.16 Å². The summed E-state index contributed by atoms with van der Waals surface area (Å²) < 4.78 is 10.6. The van der Waals surface area contributed by atoms with Crippen molar-refractivity contribution in [3.8, 4) is 11.5 Å². The van der Waals surface area contributed by atoms with Crippen LogP contribution in [0.25, 0.3) is 0 Å². The minimum absolute atomic E-state index is 0.503. The van der Waals surface area contributed by atoms with Gasteiger partial charge >= 0.3 is 6.16 Å². The number of rotatable bonds is 10. The fourth-order valence-corrected chi connectivity index (χ4v) is 3.42. The average molecular weight is 383 g/mol. The van der Waals surface area contributed by atoms with E-state index in [4.69, 9.17) is 9.47 Å². The number of hydrogen-bond acceptors (Lipinski definition) is 3. The Kier molecular flexibility index (Phi) is 9.06. The number of benzene rings is 2. The highest BCUT2D eigenvalue weighted by Gasteiger charge is 2.10. The van der Waals surface area contributed by atoms with Crippen molar-refractivity contribution >= 4 is 6.16 Å². The smallest absolute Gasteiger partial charge is 0.395 e. The Morgan fingerprint density at radius 1 is 0.643 bits per heavy atom. The van der Waals surface area contributed by atoms with Gasteiger partial charge in [-0.25, -0.2) is 4.79 Å². The van der Waals surface area contributed by atoms with Crippen LogP contribution < -0.4 is 9.47 Å². The summed E-state index contributed by atoms with van der Waals surface area (Å²) in [6, 6.07) is 15.4. The summed E-state index contributed by atoms with van der Waals surface area (Å²) in [5.41, 5.74) is 2.53. The van der Waals surface area contributed by atoms with Crippen LogP contribution in [0.1, 0.15) is 64.5 Å². The van der Waals surface area contributed by atoms with E-state index in [9.17, 15) is 4.79 Å². The lowest BCUT2D eigenvalue weighted by atomic mass is 9.95. The van der Waals surface area contributed by atoms with Crippen molar-refractivity contribution in [2.45, 2.75) is 66.2 Å². The van der Waals surface area contributed by atoms with Crippen LogP contribution in [0, 0.1) is 11.8 Å². The lowest BCUT2D eigenvalue weighted by Crippen LogP contribution is -2.13. The van der Waals surface area contributed by atoms with E-state index in [2.05, 4.69) is 27.7 Å². The Morgan fingerprint density at radius 3 is 1.25 bits per heavy atom. The van der Waals surface area contributed by atoms with E-state index in [1.54, 1.807) is 0 Å². The van der Waals surface area contributed by atoms with E-state index >= 15 is 0 Å². The van der Waals surface area contributed by atoms with E-state index in [-0.39, 0.29) is 0 Å². The van der Waals surface area contributed by atoms with Crippen LogP contribution in [0.15, 0.2) is 48.5 Å². The molecule has 0 aromatic heterocycles. The number of carbonyl (C=O) groups excluding carboxylic acids is 1. The minimum atomic E-state index is -0.708. The van der Waals surface area contributed by atoms with E-state index in [0.717, 1.165) is 12.8 Å². The third-order valence-corrected chi connectivity index (χ3v) is 5.61. The molecule has 0 atom stereocenters. The standard InChI is InChI=1S/C25H34O3/c1-5-19(6-2)17-21-9-13-23(14-10-21)27-25(26)28-24-15-11-22(12-16-24)18-20(7-3)8-4/h9-16,19-20H,5-8,17-18H2,1-4H3. The normalized spacial score (nSPS) is 11.1. The van der Waals surface area contributed by atoms with E-state index in [0.29, 0.717) is 23.3 Å². The third kappa shape index (κ3) is 7.03. The van der Waals surface area contributed by atoms with Gasteiger partial charge in [-0.3, -0.25) is 0 Å². The summed E-state index contributed by atoms with van der Waals surface area (Å²) in [6.45, 7) is 8.89. The molecule has 3 nitrogen and oxygen atoms in total. The fourth-order valence-electron chi connectivity index (χ4n) is 3.42. The first kappa shape index (κ1) is 22.0. The molecule has 0 N–H and O–H groups in total. The SMILES string of the molecule is CCC(CC)Cc1ccc(OC(=O)Oc2ccc(CC(CC)CC)cc2)cc1. The zero-order valence-corrected chi connectivity index (χ0v) is 17.7. The molecule has 0 amide bonds. The van der Waals surface area contributed by atoms with Gasteiger partial charge in [0.25, 0.3) is 0 Å². The fraction of sp³-hybridized carbons (Fsp3) is 0.480. The average Bonchev–Trinajstić information content (AvgIpc) is 2.72. The first-order chi connectivity index (χ1) is 13.6. The molecule has 0 fully saturated rings. The number of carbonyl (C=O) groups is 1. The molecule has 0 spiro atoms. The Morgan fingerprint density at radius 2 is 0.964 bits per heavy atom. The molecule has 3 heteroatoms. The Labute approximate surface area is 170 Å². The van der Waals surface area contributed by atoms with Crippen molar-refractivity contribution in [3.05, 3.63) is 59.7 Å². The summed E-state index contributed by atoms with van der Waals surface area (Å²) in [7, 11) is 0. The van der Waals surface area contributed by atoms with Crippen molar-refractivity contribution < 1.29 is 14.3 Å². The van der Waals surface area contributed by atoms with Gasteiger partial charge in [0, 0.05) is 0 Å². The Hall–Kier alpha value is -2.29. The van der Waals surface area contributed by atoms with Crippen molar-refractivity contribution in [1.82, 2.24) is 0 Å². The molecule has 0 aliphatic rings. The van der Waals surface area contributed by atoms with Crippen LogP contribution in [-0.4, -0.2) is 6.16 Å². The Bertz CT molecular complexity index is 634. The maximum atomic E-state index is 12.0. The first-order valence-corrected chi connectivity index (χ1v) is 10.6. The molecule has 0 heterocycles. The van der Waals surface area contributed by atoms with Gasteiger partial charge in [-0.15, -0.1) is 0 Å². The second-order valence-corrected chi connectivity index (χ2v) is 7.52. The van der Waals surface area contributed by atoms with Gasteiger partial charge in [0.2, 0.25) is 0 Å². The van der Waals surface area contributed by atoms with Gasteiger partial charge in [0.05, 0.1) is 0 Å². The molecule has 152 valence electrons. The minimum Gasteiger partial charge on any atom is -0.395 e. The molecule has 0 aliphatic carbocycles. The van der Waals surface area contributed by atoms with Gasteiger partial charge in [-0.1, -0.05) is 77.6 Å². The molecule has 0 saturated carbocycles. The molecule has 0 saturated heterocycles. The van der Waals surface area contributed by atoms with Crippen LogP contribution in [0.2, 0.25) is 0 Å². The van der Waals surface area contributed by atoms with Crippen LogP contribution in [0.4, 0.5) is 4.79 Å². The molecule has 0 bridgehead atoms. The third-order valence-electron chi connectivity index (χ3n) is 5.61. The molecule has 0 radical (unpaired) electrons. The van der Waals surface area contributed by atoms with Crippen LogP contribution in [0.5, 0.6) is 11.5 Å². The van der Waals surface area contributed by atoms with Crippen molar-refractivity contribution in [2.75, 3.05) is 0 Å². The number of ether oxygens (including phenoxy) is 2. The topological polar surface area (TPSA) is 35.5 Å². The predicted octanol–water partition coefficient (Wildman–Crippen LogP) is 7.22. The highest BCUT2D eigenvalue weighted by molar-refractivity contribution is 5.67. The monoisotopic (exact) mass is 382 g/mol. The summed E-state index contributed by atoms with van der Waals surface area (Å²) >= 11 is 0. The van der Waals surface area contributed by atoms with Gasteiger partial charge in [-0.05, 0) is 60.1 Å². The molecular weight excluding hydrogens is 348 g/mol. The van der Waals surface area contributed by atoms with Gasteiger partial charge in [0.15, 0.2) is 0 Å².